The van der Waals surface area contributed by atoms with Crippen molar-refractivity contribution in [2.24, 2.45) is 0 Å². The van der Waals surface area contributed by atoms with E-state index in [0.29, 0.717) is 12.0 Å². The molecule has 1 fully saturated rings. The molecule has 0 atom stereocenters. The van der Waals surface area contributed by atoms with Crippen LogP contribution in [0.5, 0.6) is 0 Å². The summed E-state index contributed by atoms with van der Waals surface area (Å²) in [5, 5.41) is 1.25. The Morgan fingerprint density at radius 1 is 0.917 bits per heavy atom. The van der Waals surface area contributed by atoms with Crippen LogP contribution in [0, 0.1) is 0 Å². The van der Waals surface area contributed by atoms with Crippen LogP contribution in [0.4, 0.5) is 5.69 Å². The Hall–Kier alpha value is -2.35. The predicted molar refractivity (Wildman–Crippen MR) is 99.8 cm³/mol. The number of hydrogen-bond donors (Lipinski definition) is 0. The second-order valence-corrected chi connectivity index (χ2v) is 7.30. The van der Waals surface area contributed by atoms with Gasteiger partial charge in [-0.05, 0) is 48.9 Å². The van der Waals surface area contributed by atoms with E-state index in [2.05, 4.69) is 66.5 Å². The second-order valence-electron chi connectivity index (χ2n) is 7.30. The fraction of sp³-hybridized carbons (Fsp3) is 0.318. The molecule has 1 heterocycles. The maximum absolute atomic E-state index is 5.13. The Labute approximate surface area is 143 Å². The molecule has 2 aliphatic rings. The number of hydrogen-bond acceptors (Lipinski definition) is 2. The Morgan fingerprint density at radius 2 is 1.58 bits per heavy atom. The van der Waals surface area contributed by atoms with Crippen molar-refractivity contribution in [2.75, 3.05) is 11.9 Å². The number of pyridine rings is 1. The quantitative estimate of drug-likeness (QED) is 0.695. The van der Waals surface area contributed by atoms with Crippen LogP contribution in [0.3, 0.4) is 0 Å². The fourth-order valence-corrected chi connectivity index (χ4v) is 4.11. The molecule has 0 aliphatic heterocycles. The van der Waals surface area contributed by atoms with Gasteiger partial charge in [0.2, 0.25) is 0 Å². The van der Waals surface area contributed by atoms with E-state index in [-0.39, 0.29) is 0 Å². The molecule has 2 aromatic carbocycles. The number of rotatable bonds is 3. The van der Waals surface area contributed by atoms with Crippen LogP contribution >= 0.6 is 0 Å². The first-order valence-electron chi connectivity index (χ1n) is 8.99. The molecule has 0 bridgehead atoms. The van der Waals surface area contributed by atoms with Crippen molar-refractivity contribution in [3.63, 3.8) is 0 Å². The Bertz CT molecular complexity index is 886. The standard InChI is InChI=1S/C22H22N2/c1-24(19-10-11-19)21-14-17-8-4-5-9-20(17)23-22(21)18-12-15-6-2-3-7-16(15)13-18/h2-9,14,18-19H,10-13H2,1H3. The first-order chi connectivity index (χ1) is 11.8. The number of fused-ring (bicyclic) bond motifs is 2. The SMILES string of the molecule is CN(c1cc2ccccc2nc1C1Cc2ccccc2C1)C1CC1. The van der Waals surface area contributed by atoms with E-state index in [1.807, 2.05) is 0 Å². The summed E-state index contributed by atoms with van der Waals surface area (Å²) in [6.45, 7) is 0. The molecule has 5 rings (SSSR count). The summed E-state index contributed by atoms with van der Waals surface area (Å²) in [4.78, 5) is 7.60. The summed E-state index contributed by atoms with van der Waals surface area (Å²) in [5.74, 6) is 0.503. The molecule has 120 valence electrons. The van der Waals surface area contributed by atoms with Crippen molar-refractivity contribution in [3.8, 4) is 0 Å². The maximum atomic E-state index is 5.13. The molecule has 0 spiro atoms. The van der Waals surface area contributed by atoms with E-state index in [0.717, 1.165) is 18.4 Å². The third-order valence-corrected chi connectivity index (χ3v) is 5.64. The van der Waals surface area contributed by atoms with Crippen LogP contribution < -0.4 is 4.90 Å². The Morgan fingerprint density at radius 3 is 2.29 bits per heavy atom. The molecule has 0 saturated heterocycles. The van der Waals surface area contributed by atoms with Gasteiger partial charge in [-0.15, -0.1) is 0 Å². The highest BCUT2D eigenvalue weighted by Crippen LogP contribution is 2.40. The van der Waals surface area contributed by atoms with Gasteiger partial charge in [0.1, 0.15) is 0 Å². The van der Waals surface area contributed by atoms with Gasteiger partial charge >= 0.3 is 0 Å². The first-order valence-corrected chi connectivity index (χ1v) is 8.99. The first kappa shape index (κ1) is 14.0. The highest BCUT2D eigenvalue weighted by atomic mass is 15.2. The smallest absolute Gasteiger partial charge is 0.0707 e. The molecule has 2 aliphatic carbocycles. The third-order valence-electron chi connectivity index (χ3n) is 5.64. The zero-order valence-corrected chi connectivity index (χ0v) is 14.1. The van der Waals surface area contributed by atoms with Crippen LogP contribution in [0.1, 0.15) is 35.6 Å². The van der Waals surface area contributed by atoms with E-state index in [1.54, 1.807) is 0 Å². The van der Waals surface area contributed by atoms with Gasteiger partial charge in [0, 0.05) is 24.4 Å². The monoisotopic (exact) mass is 314 g/mol. The zero-order valence-electron chi connectivity index (χ0n) is 14.1. The van der Waals surface area contributed by atoms with Gasteiger partial charge < -0.3 is 4.90 Å². The largest absolute Gasteiger partial charge is 0.370 e. The summed E-state index contributed by atoms with van der Waals surface area (Å²) in [5.41, 5.74) is 6.75. The van der Waals surface area contributed by atoms with Crippen LogP contribution in [0.25, 0.3) is 10.9 Å². The van der Waals surface area contributed by atoms with E-state index in [9.17, 15) is 0 Å². The summed E-state index contributed by atoms with van der Waals surface area (Å²) >= 11 is 0. The van der Waals surface area contributed by atoms with Gasteiger partial charge in [-0.2, -0.15) is 0 Å². The lowest BCUT2D eigenvalue weighted by molar-refractivity contribution is 0.711. The van der Waals surface area contributed by atoms with Gasteiger partial charge in [0.05, 0.1) is 16.9 Å². The highest BCUT2D eigenvalue weighted by molar-refractivity contribution is 5.83. The summed E-state index contributed by atoms with van der Waals surface area (Å²) in [6, 6.07) is 20.5. The molecular formula is C22H22N2. The van der Waals surface area contributed by atoms with E-state index in [4.69, 9.17) is 4.98 Å². The molecule has 3 aromatic rings. The van der Waals surface area contributed by atoms with Crippen molar-refractivity contribution in [1.82, 2.24) is 4.98 Å². The molecule has 24 heavy (non-hydrogen) atoms. The minimum Gasteiger partial charge on any atom is -0.370 e. The van der Waals surface area contributed by atoms with Crippen molar-refractivity contribution in [1.29, 1.82) is 0 Å². The maximum Gasteiger partial charge on any atom is 0.0707 e. The van der Waals surface area contributed by atoms with Crippen molar-refractivity contribution >= 4 is 16.6 Å². The average molecular weight is 314 g/mol. The average Bonchev–Trinajstić information content (AvgIpc) is 3.38. The van der Waals surface area contributed by atoms with Gasteiger partial charge in [-0.3, -0.25) is 4.98 Å². The van der Waals surface area contributed by atoms with E-state index >= 15 is 0 Å². The molecule has 1 saturated carbocycles. The topological polar surface area (TPSA) is 16.1 Å². The molecule has 0 unspecified atom stereocenters. The van der Waals surface area contributed by atoms with Crippen LogP contribution in [-0.4, -0.2) is 18.1 Å². The van der Waals surface area contributed by atoms with Crippen LogP contribution in [0.15, 0.2) is 54.6 Å². The number of benzene rings is 2. The highest BCUT2D eigenvalue weighted by Gasteiger charge is 2.32. The molecular weight excluding hydrogens is 292 g/mol. The third kappa shape index (κ3) is 2.29. The van der Waals surface area contributed by atoms with Gasteiger partial charge in [-0.25, -0.2) is 0 Å². The second kappa shape index (κ2) is 5.34. The fourth-order valence-electron chi connectivity index (χ4n) is 4.11. The number of para-hydroxylation sites is 1. The number of anilines is 1. The van der Waals surface area contributed by atoms with Gasteiger partial charge in [0.15, 0.2) is 0 Å². The lowest BCUT2D eigenvalue weighted by Gasteiger charge is -2.24. The molecule has 0 amide bonds. The van der Waals surface area contributed by atoms with Crippen LogP contribution in [-0.2, 0) is 12.8 Å². The normalized spacial score (nSPS) is 17.2. The number of nitrogens with zero attached hydrogens (tertiary/aromatic N) is 2. The van der Waals surface area contributed by atoms with Crippen molar-refractivity contribution in [3.05, 3.63) is 71.4 Å². The van der Waals surface area contributed by atoms with E-state index < -0.39 is 0 Å². The lowest BCUT2D eigenvalue weighted by atomic mass is 9.98. The Balaban J connectivity index is 1.62. The minimum atomic E-state index is 0.503. The summed E-state index contributed by atoms with van der Waals surface area (Å²) in [7, 11) is 2.25. The van der Waals surface area contributed by atoms with Gasteiger partial charge in [-0.1, -0.05) is 42.5 Å². The van der Waals surface area contributed by atoms with Crippen molar-refractivity contribution in [2.45, 2.75) is 37.6 Å². The molecule has 0 N–H and O–H groups in total. The molecule has 1 aromatic heterocycles. The van der Waals surface area contributed by atoms with Gasteiger partial charge in [0.25, 0.3) is 0 Å². The van der Waals surface area contributed by atoms with Crippen molar-refractivity contribution < 1.29 is 0 Å². The number of aromatic nitrogens is 1. The minimum absolute atomic E-state index is 0.503. The summed E-state index contributed by atoms with van der Waals surface area (Å²) in [6.07, 6.45) is 4.86. The molecule has 2 nitrogen and oxygen atoms in total. The van der Waals surface area contributed by atoms with E-state index in [1.165, 1.54) is 40.7 Å². The Kier molecular flexibility index (Phi) is 3.12. The summed E-state index contributed by atoms with van der Waals surface area (Å²) < 4.78 is 0. The van der Waals surface area contributed by atoms with Crippen LogP contribution in [0.2, 0.25) is 0 Å². The zero-order chi connectivity index (χ0) is 16.1. The molecule has 2 heteroatoms. The molecule has 0 radical (unpaired) electrons. The lowest BCUT2D eigenvalue weighted by Crippen LogP contribution is -2.22. The predicted octanol–water partition coefficient (Wildman–Crippen LogP) is 4.72.